The fraction of sp³-hybridized carbons (Fsp3) is 0.00826. The Morgan fingerprint density at radius 1 is 0.128 bits per heavy atom. The van der Waals surface area contributed by atoms with Gasteiger partial charge < -0.3 is 53.6 Å². The van der Waals surface area contributed by atoms with Crippen LogP contribution in [0.2, 0.25) is 0 Å². The second-order valence-corrected chi connectivity index (χ2v) is 35.9. The summed E-state index contributed by atoms with van der Waals surface area (Å²) in [6.07, 6.45) is 0. The first kappa shape index (κ1) is 70.1. The zero-order valence-electron chi connectivity index (χ0n) is 70.5. The minimum Gasteiger partial charge on any atom is -0.456 e. The highest BCUT2D eigenvalue weighted by molar-refractivity contribution is 6.31. The molecular weight excluding hydrogens is 1640 g/mol. The van der Waals surface area contributed by atoms with Crippen molar-refractivity contribution in [3.05, 3.63) is 411 Å². The lowest BCUT2D eigenvalue weighted by Crippen LogP contribution is -2.31. The molecule has 616 valence electrons. The highest BCUT2D eigenvalue weighted by atomic mass is 16.4. The molecule has 0 bridgehead atoms. The van der Waals surface area contributed by atoms with Gasteiger partial charge >= 0.3 is 0 Å². The lowest BCUT2D eigenvalue weighted by molar-refractivity contribution is 0.661. The molecule has 133 heavy (non-hydrogen) atoms. The van der Waals surface area contributed by atoms with Crippen LogP contribution >= 0.6 is 0 Å². The Bertz CT molecular complexity index is 9450. The van der Waals surface area contributed by atoms with Crippen LogP contribution in [0.15, 0.2) is 424 Å². The van der Waals surface area contributed by atoms with Crippen molar-refractivity contribution >= 4 is 263 Å². The van der Waals surface area contributed by atoms with Crippen molar-refractivity contribution in [3.8, 4) is 22.7 Å². The smallest absolute Gasteiger partial charge is 0.136 e. The molecule has 12 heterocycles. The van der Waals surface area contributed by atoms with E-state index in [9.17, 15) is 0 Å². The van der Waals surface area contributed by atoms with Crippen LogP contribution in [0.5, 0.6) is 0 Å². The number of rotatable bonds is 8. The van der Waals surface area contributed by atoms with E-state index in [0.29, 0.717) is 0 Å². The van der Waals surface area contributed by atoms with Gasteiger partial charge in [-0.1, -0.05) is 170 Å². The first-order valence-electron chi connectivity index (χ1n) is 45.1. The van der Waals surface area contributed by atoms with Crippen molar-refractivity contribution in [1.82, 2.24) is 18.3 Å². The van der Waals surface area contributed by atoms with Crippen LogP contribution in [0.3, 0.4) is 0 Å². The molecule has 12 heteroatoms. The molecule has 32 aromatic rings. The predicted octanol–water partition coefficient (Wildman–Crippen LogP) is 33.7. The van der Waals surface area contributed by atoms with E-state index >= 15 is 0 Å². The third kappa shape index (κ3) is 9.21. The number of aromatic nitrogens is 4. The summed E-state index contributed by atoms with van der Waals surface area (Å²) in [4.78, 5) is 0. The van der Waals surface area contributed by atoms with Crippen molar-refractivity contribution in [2.75, 3.05) is 0 Å². The minimum atomic E-state index is -1.30. The van der Waals surface area contributed by atoms with Crippen LogP contribution in [-0.4, -0.2) is 18.3 Å². The Morgan fingerprint density at radius 3 is 0.444 bits per heavy atom. The summed E-state index contributed by atoms with van der Waals surface area (Å²) in [5, 5.41) is 24.5. The molecule has 0 fully saturated rings. The molecular formula is C121H64N4O8. The molecule has 0 radical (unpaired) electrons. The molecule has 0 atom stereocenters. The average molecular weight is 1700 g/mol. The number of hydrogen-bond acceptors (Lipinski definition) is 8. The number of para-hydroxylation sites is 8. The van der Waals surface area contributed by atoms with Crippen LogP contribution in [0.1, 0.15) is 22.3 Å². The summed E-state index contributed by atoms with van der Waals surface area (Å²) < 4.78 is 66.9. The molecule has 0 aliphatic rings. The molecule has 0 amide bonds. The van der Waals surface area contributed by atoms with Gasteiger partial charge in [-0.15, -0.1) is 0 Å². The average Bonchev–Trinajstić information content (AvgIpc) is 1.59. The fourth-order valence-electron chi connectivity index (χ4n) is 23.8. The highest BCUT2D eigenvalue weighted by Crippen LogP contribution is 2.55. The first-order valence-corrected chi connectivity index (χ1v) is 45.1. The summed E-state index contributed by atoms with van der Waals surface area (Å²) >= 11 is 0. The quantitative estimate of drug-likeness (QED) is 0.138. The van der Waals surface area contributed by atoms with E-state index in [4.69, 9.17) is 35.3 Å². The Balaban J connectivity index is 0.705. The third-order valence-corrected chi connectivity index (χ3v) is 29.3. The summed E-state index contributed by atoms with van der Waals surface area (Å²) in [6.45, 7) is 0. The fourth-order valence-corrected chi connectivity index (χ4v) is 23.8. The van der Waals surface area contributed by atoms with Crippen molar-refractivity contribution in [3.63, 3.8) is 0 Å². The van der Waals surface area contributed by atoms with Gasteiger partial charge in [0, 0.05) is 152 Å². The third-order valence-electron chi connectivity index (χ3n) is 29.3. The standard InChI is InChI=1S/C121H64N4O8/c1-9-25-89-73(17-1)74-18-2-10-26-90(74)122(89)69-37-45-101-85(61-69)117-109(130-101)53-49-105-113(117)81-57-65(33-41-97(81)126-105)121(66-34-42-98-82(58-66)114-106(127-98)50-54-110-118(114)86-62-70(38-46-102(86)131-110)123-91-27-11-3-19-75(91)76-20-4-12-28-92(76)123,67-35-43-99-83(59-67)115-107(128-99)51-55-111-119(115)87-63-71(39-47-103(87)132-111)124-93-29-13-5-21-77(93)78-22-6-14-30-94(78)124)68-36-44-100-84(60-68)116-108(129-100)52-56-112-120(116)88-64-72(40-48-104(88)133-112)125-95-31-15-7-23-79(95)80-24-8-16-32-96(80)125/h1-64H. The molecule has 32 rings (SSSR count). The molecule has 0 aliphatic carbocycles. The molecule has 12 nitrogen and oxygen atoms in total. The summed E-state index contributed by atoms with van der Waals surface area (Å²) in [5.41, 5.74) is 27.3. The SMILES string of the molecule is c1ccc2c(c1)c1ccccc1n2-c1ccc2oc3ccc4oc5ccc(C(c6ccc7oc8ccc9oc%10ccc(-n%11c%12ccccc%12c%12ccccc%12%11)cc%10c9c8c7c6)(c6ccc7oc8ccc9oc%10ccc(-n%11c%12ccccc%12c%12ccccc%12%11)cc%10c9c8c7c6)c6ccc7oc8ccc9oc%10ccc(-n%11c%12ccccc%12c%12ccccc%12%11)cc%10c9c8c7c6)cc5c4c3c2c1. The summed E-state index contributed by atoms with van der Waals surface area (Å²) in [6, 6.07) is 140. The van der Waals surface area contributed by atoms with E-state index in [1.54, 1.807) is 0 Å². The van der Waals surface area contributed by atoms with Gasteiger partial charge in [-0.25, -0.2) is 0 Å². The molecule has 0 aliphatic heterocycles. The van der Waals surface area contributed by atoms with Gasteiger partial charge in [0.15, 0.2) is 0 Å². The first-order chi connectivity index (χ1) is 65.9. The van der Waals surface area contributed by atoms with E-state index in [-0.39, 0.29) is 0 Å². The molecule has 0 spiro atoms. The van der Waals surface area contributed by atoms with Crippen LogP contribution in [0, 0.1) is 0 Å². The normalized spacial score (nSPS) is 12.8. The molecule has 0 unspecified atom stereocenters. The van der Waals surface area contributed by atoms with Crippen molar-refractivity contribution in [1.29, 1.82) is 0 Å². The summed E-state index contributed by atoms with van der Waals surface area (Å²) in [7, 11) is 0. The molecule has 0 N–H and O–H groups in total. The van der Waals surface area contributed by atoms with E-state index in [0.717, 1.165) is 265 Å². The van der Waals surface area contributed by atoms with Crippen molar-refractivity contribution in [2.24, 2.45) is 0 Å². The molecule has 20 aromatic carbocycles. The van der Waals surface area contributed by atoms with Crippen LogP contribution in [0.4, 0.5) is 0 Å². The zero-order chi connectivity index (χ0) is 86.1. The largest absolute Gasteiger partial charge is 0.456 e. The second-order valence-electron chi connectivity index (χ2n) is 35.9. The number of hydrogen-bond donors (Lipinski definition) is 0. The van der Waals surface area contributed by atoms with E-state index < -0.39 is 5.41 Å². The topological polar surface area (TPSA) is 125 Å². The Morgan fingerprint density at radius 2 is 0.271 bits per heavy atom. The van der Waals surface area contributed by atoms with E-state index in [2.05, 4.69) is 407 Å². The zero-order valence-corrected chi connectivity index (χ0v) is 70.5. The second kappa shape index (κ2) is 25.3. The molecule has 0 saturated carbocycles. The van der Waals surface area contributed by atoms with Gasteiger partial charge in [0.25, 0.3) is 0 Å². The lowest BCUT2D eigenvalue weighted by Gasteiger charge is -2.37. The Hall–Kier alpha value is -18.0. The Labute approximate surface area is 750 Å². The molecule has 0 saturated heterocycles. The molecule has 12 aromatic heterocycles. The van der Waals surface area contributed by atoms with Crippen molar-refractivity contribution < 1.29 is 35.3 Å². The van der Waals surface area contributed by atoms with E-state index in [1.807, 2.05) is 0 Å². The van der Waals surface area contributed by atoms with Gasteiger partial charge in [0.2, 0.25) is 0 Å². The maximum absolute atomic E-state index is 7.28. The summed E-state index contributed by atoms with van der Waals surface area (Å²) in [5.74, 6) is 0. The van der Waals surface area contributed by atoms with Crippen LogP contribution < -0.4 is 0 Å². The Kier molecular flexibility index (Phi) is 13.3. The van der Waals surface area contributed by atoms with Crippen molar-refractivity contribution in [2.45, 2.75) is 5.41 Å². The van der Waals surface area contributed by atoms with E-state index in [1.165, 1.54) is 43.1 Å². The number of fused-ring (bicyclic) bond motifs is 40. The maximum Gasteiger partial charge on any atom is 0.136 e. The van der Waals surface area contributed by atoms with Gasteiger partial charge in [-0.2, -0.15) is 0 Å². The number of furan rings is 8. The van der Waals surface area contributed by atoms with Crippen LogP contribution in [-0.2, 0) is 5.41 Å². The predicted molar refractivity (Wildman–Crippen MR) is 540 cm³/mol. The lowest BCUT2D eigenvalue weighted by atomic mass is 9.64. The van der Waals surface area contributed by atoms with Gasteiger partial charge in [0.1, 0.15) is 89.3 Å². The number of nitrogens with zero attached hydrogens (tertiary/aromatic N) is 4. The van der Waals surface area contributed by atoms with Gasteiger partial charge in [-0.3, -0.25) is 0 Å². The monoisotopic (exact) mass is 1700 g/mol. The van der Waals surface area contributed by atoms with Crippen LogP contribution in [0.25, 0.3) is 285 Å². The highest BCUT2D eigenvalue weighted by Gasteiger charge is 2.42. The number of benzene rings is 20. The maximum atomic E-state index is 7.28. The van der Waals surface area contributed by atoms with Gasteiger partial charge in [-0.05, 0) is 241 Å². The van der Waals surface area contributed by atoms with Gasteiger partial charge in [0.05, 0.1) is 49.5 Å². The minimum absolute atomic E-state index is 0.718.